The van der Waals surface area contributed by atoms with E-state index in [2.05, 4.69) is 4.98 Å². The van der Waals surface area contributed by atoms with Crippen LogP contribution in [0.25, 0.3) is 0 Å². The minimum atomic E-state index is -0.0660. The van der Waals surface area contributed by atoms with Gasteiger partial charge in [-0.25, -0.2) is 4.98 Å². The smallest absolute Gasteiger partial charge is 0.171 e. The number of pyridine rings is 1. The first kappa shape index (κ1) is 12.6. The Morgan fingerprint density at radius 1 is 1.33 bits per heavy atom. The van der Waals surface area contributed by atoms with E-state index in [4.69, 9.17) is 16.3 Å². The standard InChI is InChI=1S/C14H12ClNO2/c1-10(17)12-7-13(14(15)16-8-12)18-9-11-5-3-2-4-6-11/h2-8H,9H2,1H3. The van der Waals surface area contributed by atoms with Crippen LogP contribution in [0.1, 0.15) is 22.8 Å². The Morgan fingerprint density at radius 3 is 2.72 bits per heavy atom. The second-order valence-corrected chi connectivity index (χ2v) is 4.20. The number of benzene rings is 1. The molecule has 0 bridgehead atoms. The molecule has 0 atom stereocenters. The van der Waals surface area contributed by atoms with E-state index in [0.717, 1.165) is 5.56 Å². The van der Waals surface area contributed by atoms with E-state index in [0.29, 0.717) is 17.9 Å². The van der Waals surface area contributed by atoms with Gasteiger partial charge in [0.05, 0.1) is 0 Å². The molecule has 0 saturated carbocycles. The van der Waals surface area contributed by atoms with Gasteiger partial charge in [-0.3, -0.25) is 4.79 Å². The number of hydrogen-bond acceptors (Lipinski definition) is 3. The van der Waals surface area contributed by atoms with Crippen molar-refractivity contribution in [2.45, 2.75) is 13.5 Å². The minimum Gasteiger partial charge on any atom is -0.486 e. The summed E-state index contributed by atoms with van der Waals surface area (Å²) in [6.07, 6.45) is 1.44. The van der Waals surface area contributed by atoms with E-state index in [1.807, 2.05) is 30.3 Å². The molecule has 0 aliphatic carbocycles. The summed E-state index contributed by atoms with van der Waals surface area (Å²) in [7, 11) is 0. The number of rotatable bonds is 4. The number of nitrogens with zero attached hydrogens (tertiary/aromatic N) is 1. The molecule has 4 heteroatoms. The molecule has 0 radical (unpaired) electrons. The maximum atomic E-state index is 11.2. The Labute approximate surface area is 110 Å². The van der Waals surface area contributed by atoms with E-state index in [1.165, 1.54) is 13.1 Å². The molecule has 2 rings (SSSR count). The van der Waals surface area contributed by atoms with Gasteiger partial charge < -0.3 is 4.74 Å². The van der Waals surface area contributed by atoms with Gasteiger partial charge in [-0.2, -0.15) is 0 Å². The molecule has 0 fully saturated rings. The predicted molar refractivity (Wildman–Crippen MR) is 70.0 cm³/mol. The molecule has 0 saturated heterocycles. The van der Waals surface area contributed by atoms with Crippen molar-refractivity contribution in [2.24, 2.45) is 0 Å². The van der Waals surface area contributed by atoms with E-state index in [9.17, 15) is 4.79 Å². The number of hydrogen-bond donors (Lipinski definition) is 0. The summed E-state index contributed by atoms with van der Waals surface area (Å²) < 4.78 is 5.57. The van der Waals surface area contributed by atoms with Gasteiger partial charge >= 0.3 is 0 Å². The van der Waals surface area contributed by atoms with Gasteiger partial charge in [-0.05, 0) is 18.6 Å². The highest BCUT2D eigenvalue weighted by Gasteiger charge is 2.07. The molecule has 0 unspecified atom stereocenters. The summed E-state index contributed by atoms with van der Waals surface area (Å²) in [5.41, 5.74) is 1.52. The maximum Gasteiger partial charge on any atom is 0.171 e. The van der Waals surface area contributed by atoms with Crippen LogP contribution >= 0.6 is 11.6 Å². The Morgan fingerprint density at radius 2 is 2.06 bits per heavy atom. The zero-order chi connectivity index (χ0) is 13.0. The lowest BCUT2D eigenvalue weighted by Crippen LogP contribution is -1.99. The summed E-state index contributed by atoms with van der Waals surface area (Å²) >= 11 is 5.92. The molecule has 2 aromatic rings. The fraction of sp³-hybridized carbons (Fsp3) is 0.143. The molecule has 0 amide bonds. The Balaban J connectivity index is 2.14. The van der Waals surface area contributed by atoms with Gasteiger partial charge in [-0.15, -0.1) is 0 Å². The van der Waals surface area contributed by atoms with Crippen molar-refractivity contribution in [1.82, 2.24) is 4.98 Å². The molecule has 18 heavy (non-hydrogen) atoms. The first-order valence-electron chi connectivity index (χ1n) is 5.50. The van der Waals surface area contributed by atoms with Crippen LogP contribution in [0.15, 0.2) is 42.6 Å². The number of carbonyl (C=O) groups is 1. The molecule has 1 aromatic carbocycles. The largest absolute Gasteiger partial charge is 0.486 e. The fourth-order valence-electron chi connectivity index (χ4n) is 1.46. The van der Waals surface area contributed by atoms with Crippen molar-refractivity contribution in [3.63, 3.8) is 0 Å². The molecular weight excluding hydrogens is 250 g/mol. The monoisotopic (exact) mass is 261 g/mol. The van der Waals surface area contributed by atoms with Crippen molar-refractivity contribution >= 4 is 17.4 Å². The average Bonchev–Trinajstić information content (AvgIpc) is 2.38. The van der Waals surface area contributed by atoms with E-state index < -0.39 is 0 Å². The molecule has 1 aromatic heterocycles. The van der Waals surface area contributed by atoms with Crippen LogP contribution in [-0.2, 0) is 6.61 Å². The van der Waals surface area contributed by atoms with Crippen LogP contribution < -0.4 is 4.74 Å². The molecule has 0 N–H and O–H groups in total. The van der Waals surface area contributed by atoms with E-state index >= 15 is 0 Å². The van der Waals surface area contributed by atoms with Crippen LogP contribution in [0.5, 0.6) is 5.75 Å². The highest BCUT2D eigenvalue weighted by atomic mass is 35.5. The van der Waals surface area contributed by atoms with Crippen molar-refractivity contribution in [3.8, 4) is 5.75 Å². The lowest BCUT2D eigenvalue weighted by atomic mass is 10.2. The molecule has 1 heterocycles. The highest BCUT2D eigenvalue weighted by molar-refractivity contribution is 6.30. The summed E-state index contributed by atoms with van der Waals surface area (Å²) in [6, 6.07) is 11.3. The van der Waals surface area contributed by atoms with Gasteiger partial charge in [0, 0.05) is 11.8 Å². The fourth-order valence-corrected chi connectivity index (χ4v) is 1.61. The molecular formula is C14H12ClNO2. The first-order valence-corrected chi connectivity index (χ1v) is 5.88. The number of halogens is 1. The summed E-state index contributed by atoms with van der Waals surface area (Å²) in [5, 5.41) is 0.260. The average molecular weight is 262 g/mol. The molecule has 92 valence electrons. The van der Waals surface area contributed by atoms with Crippen molar-refractivity contribution in [1.29, 1.82) is 0 Å². The minimum absolute atomic E-state index is 0.0660. The number of ether oxygens (including phenoxy) is 1. The summed E-state index contributed by atoms with van der Waals surface area (Å²) in [5.74, 6) is 0.358. The van der Waals surface area contributed by atoms with Gasteiger partial charge in [0.15, 0.2) is 16.7 Å². The number of Topliss-reactive ketones (excluding diaryl/α,β-unsaturated/α-hetero) is 1. The van der Waals surface area contributed by atoms with Crippen LogP contribution in [0, 0.1) is 0 Å². The second-order valence-electron chi connectivity index (χ2n) is 3.84. The topological polar surface area (TPSA) is 39.2 Å². The Bertz CT molecular complexity index is 555. The van der Waals surface area contributed by atoms with Gasteiger partial charge in [0.2, 0.25) is 0 Å². The predicted octanol–water partition coefficient (Wildman–Crippen LogP) is 3.52. The lowest BCUT2D eigenvalue weighted by molar-refractivity contribution is 0.101. The van der Waals surface area contributed by atoms with Gasteiger partial charge in [-0.1, -0.05) is 41.9 Å². The van der Waals surface area contributed by atoms with Crippen LogP contribution in [0.3, 0.4) is 0 Å². The van der Waals surface area contributed by atoms with Crippen LogP contribution in [-0.4, -0.2) is 10.8 Å². The normalized spacial score (nSPS) is 10.1. The van der Waals surface area contributed by atoms with E-state index in [-0.39, 0.29) is 10.9 Å². The molecule has 0 aliphatic rings. The lowest BCUT2D eigenvalue weighted by Gasteiger charge is -2.08. The third-order valence-corrected chi connectivity index (χ3v) is 2.73. The van der Waals surface area contributed by atoms with E-state index in [1.54, 1.807) is 6.07 Å². The number of aromatic nitrogens is 1. The van der Waals surface area contributed by atoms with Crippen LogP contribution in [0.4, 0.5) is 0 Å². The zero-order valence-electron chi connectivity index (χ0n) is 9.89. The number of ketones is 1. The third kappa shape index (κ3) is 3.08. The summed E-state index contributed by atoms with van der Waals surface area (Å²) in [6.45, 7) is 1.87. The zero-order valence-corrected chi connectivity index (χ0v) is 10.6. The number of carbonyl (C=O) groups excluding carboxylic acids is 1. The van der Waals surface area contributed by atoms with Crippen molar-refractivity contribution in [3.05, 3.63) is 58.9 Å². The third-order valence-electron chi connectivity index (χ3n) is 2.45. The van der Waals surface area contributed by atoms with Crippen LogP contribution in [0.2, 0.25) is 5.15 Å². The quantitative estimate of drug-likeness (QED) is 0.624. The Hall–Kier alpha value is -1.87. The maximum absolute atomic E-state index is 11.2. The van der Waals surface area contributed by atoms with Crippen molar-refractivity contribution < 1.29 is 9.53 Å². The Kier molecular flexibility index (Phi) is 3.95. The van der Waals surface area contributed by atoms with Gasteiger partial charge in [0.25, 0.3) is 0 Å². The summed E-state index contributed by atoms with van der Waals surface area (Å²) in [4.78, 5) is 15.2. The SMILES string of the molecule is CC(=O)c1cnc(Cl)c(OCc2ccccc2)c1. The molecule has 3 nitrogen and oxygen atoms in total. The van der Waals surface area contributed by atoms with Gasteiger partial charge in [0.1, 0.15) is 6.61 Å². The first-order chi connectivity index (χ1) is 8.66. The molecule has 0 spiro atoms. The highest BCUT2D eigenvalue weighted by Crippen LogP contribution is 2.24. The molecule has 0 aliphatic heterocycles. The van der Waals surface area contributed by atoms with Crippen molar-refractivity contribution in [2.75, 3.05) is 0 Å². The second kappa shape index (κ2) is 5.65.